The van der Waals surface area contributed by atoms with Crippen LogP contribution < -0.4 is 5.32 Å². The third kappa shape index (κ3) is 3.32. The first kappa shape index (κ1) is 13.5. The van der Waals surface area contributed by atoms with Crippen LogP contribution in [0.4, 0.5) is 0 Å². The molecule has 0 fully saturated rings. The van der Waals surface area contributed by atoms with Gasteiger partial charge in [-0.05, 0) is 18.1 Å². The lowest BCUT2D eigenvalue weighted by Crippen LogP contribution is -2.29. The first-order valence-corrected chi connectivity index (χ1v) is 6.42. The number of fused-ring (bicyclic) bond motifs is 1. The number of H-pyrrole nitrogens is 1. The molecule has 1 amide bonds. The molecule has 3 N–H and O–H groups in total. The van der Waals surface area contributed by atoms with Crippen molar-refractivity contribution in [2.24, 2.45) is 5.92 Å². The molecule has 0 radical (unpaired) electrons. The van der Waals surface area contributed by atoms with Crippen LogP contribution in [0.25, 0.3) is 11.0 Å². The second-order valence-corrected chi connectivity index (χ2v) is 4.83. The molecule has 0 aliphatic rings. The minimum atomic E-state index is -0.659. The van der Waals surface area contributed by atoms with Gasteiger partial charge in [-0.2, -0.15) is 0 Å². The Hall–Kier alpha value is -1.88. The van der Waals surface area contributed by atoms with E-state index in [2.05, 4.69) is 15.3 Å². The number of aliphatic hydroxyl groups excluding tert-OH is 1. The van der Waals surface area contributed by atoms with Crippen LogP contribution in [-0.2, 0) is 11.2 Å². The predicted molar refractivity (Wildman–Crippen MR) is 73.7 cm³/mol. The third-order valence-electron chi connectivity index (χ3n) is 3.28. The summed E-state index contributed by atoms with van der Waals surface area (Å²) in [7, 11) is 1.57. The average Bonchev–Trinajstić information content (AvgIpc) is 2.80. The number of amides is 1. The number of nitrogens with zero attached hydrogens (tertiary/aromatic N) is 1. The van der Waals surface area contributed by atoms with Crippen molar-refractivity contribution in [2.75, 3.05) is 7.05 Å². The maximum Gasteiger partial charge on any atom is 0.222 e. The fourth-order valence-electron chi connectivity index (χ4n) is 2.04. The fourth-order valence-corrected chi connectivity index (χ4v) is 2.04. The number of nitrogens with one attached hydrogen (secondary N) is 2. The molecule has 0 unspecified atom stereocenters. The minimum absolute atomic E-state index is 0.0298. The van der Waals surface area contributed by atoms with E-state index in [0.717, 1.165) is 16.9 Å². The van der Waals surface area contributed by atoms with Crippen LogP contribution in [-0.4, -0.2) is 34.1 Å². The number of aromatic nitrogens is 2. The summed E-state index contributed by atoms with van der Waals surface area (Å²) >= 11 is 0. The second-order valence-electron chi connectivity index (χ2n) is 4.83. The van der Waals surface area contributed by atoms with Crippen LogP contribution >= 0.6 is 0 Å². The Morgan fingerprint density at radius 3 is 2.89 bits per heavy atom. The Labute approximate surface area is 112 Å². The molecule has 1 heterocycles. The van der Waals surface area contributed by atoms with Crippen LogP contribution in [0.3, 0.4) is 0 Å². The molecule has 0 spiro atoms. The Morgan fingerprint density at radius 2 is 2.21 bits per heavy atom. The highest BCUT2D eigenvalue weighted by molar-refractivity contribution is 5.76. The normalized spacial score (nSPS) is 14.3. The van der Waals surface area contributed by atoms with Gasteiger partial charge in [0.2, 0.25) is 5.91 Å². The Balaban J connectivity index is 2.01. The SMILES string of the molecule is CNC(=O)C[C@H](O)[C@H](C)Cc1nc2ccccc2[nH]1. The largest absolute Gasteiger partial charge is 0.392 e. The van der Waals surface area contributed by atoms with E-state index in [1.807, 2.05) is 31.2 Å². The van der Waals surface area contributed by atoms with E-state index in [1.165, 1.54) is 0 Å². The maximum atomic E-state index is 11.2. The second kappa shape index (κ2) is 5.84. The Morgan fingerprint density at radius 1 is 1.47 bits per heavy atom. The van der Waals surface area contributed by atoms with Gasteiger partial charge in [0.1, 0.15) is 5.82 Å². The van der Waals surface area contributed by atoms with Crippen molar-refractivity contribution in [2.45, 2.75) is 25.9 Å². The summed E-state index contributed by atoms with van der Waals surface area (Å²) in [4.78, 5) is 18.9. The lowest BCUT2D eigenvalue weighted by Gasteiger charge is -2.16. The fraction of sp³-hybridized carbons (Fsp3) is 0.429. The van der Waals surface area contributed by atoms with Crippen molar-refractivity contribution in [1.82, 2.24) is 15.3 Å². The summed E-state index contributed by atoms with van der Waals surface area (Å²) in [6.45, 7) is 1.92. The molecule has 2 aromatic rings. The van der Waals surface area contributed by atoms with Crippen LogP contribution in [0.5, 0.6) is 0 Å². The quantitative estimate of drug-likeness (QED) is 0.757. The zero-order valence-electron chi connectivity index (χ0n) is 11.2. The van der Waals surface area contributed by atoms with E-state index in [9.17, 15) is 9.90 Å². The van der Waals surface area contributed by atoms with Crippen LogP contribution in [0.15, 0.2) is 24.3 Å². The predicted octanol–water partition coefficient (Wildman–Crippen LogP) is 1.24. The maximum absolute atomic E-state index is 11.2. The molecule has 0 aliphatic carbocycles. The van der Waals surface area contributed by atoms with Crippen LogP contribution in [0.1, 0.15) is 19.2 Å². The van der Waals surface area contributed by atoms with Crippen LogP contribution in [0, 0.1) is 5.92 Å². The van der Waals surface area contributed by atoms with Crippen molar-refractivity contribution in [3.05, 3.63) is 30.1 Å². The average molecular weight is 261 g/mol. The van der Waals surface area contributed by atoms with Gasteiger partial charge < -0.3 is 15.4 Å². The molecular formula is C14H19N3O2. The van der Waals surface area contributed by atoms with Crippen molar-refractivity contribution in [3.8, 4) is 0 Å². The van der Waals surface area contributed by atoms with E-state index in [-0.39, 0.29) is 18.2 Å². The first-order valence-electron chi connectivity index (χ1n) is 6.42. The summed E-state index contributed by atoms with van der Waals surface area (Å²) in [6.07, 6.45) is 0.0817. The van der Waals surface area contributed by atoms with Crippen molar-refractivity contribution in [3.63, 3.8) is 0 Å². The summed E-state index contributed by atoms with van der Waals surface area (Å²) in [5, 5.41) is 12.5. The number of hydrogen-bond donors (Lipinski definition) is 3. The zero-order valence-corrected chi connectivity index (χ0v) is 11.2. The Bertz CT molecular complexity index is 532. The molecule has 0 aliphatic heterocycles. The number of imidazole rings is 1. The molecule has 0 saturated heterocycles. The number of benzene rings is 1. The molecule has 2 atom stereocenters. The van der Waals surface area contributed by atoms with Gasteiger partial charge in [-0.3, -0.25) is 4.79 Å². The van der Waals surface area contributed by atoms with Gasteiger partial charge in [0.05, 0.1) is 23.6 Å². The van der Waals surface area contributed by atoms with E-state index < -0.39 is 6.10 Å². The molecule has 5 heteroatoms. The van der Waals surface area contributed by atoms with Crippen LogP contribution in [0.2, 0.25) is 0 Å². The van der Waals surface area contributed by atoms with E-state index in [4.69, 9.17) is 0 Å². The molecule has 102 valence electrons. The Kier molecular flexibility index (Phi) is 4.16. The lowest BCUT2D eigenvalue weighted by molar-refractivity contribution is -0.123. The first-order chi connectivity index (χ1) is 9.10. The number of para-hydroxylation sites is 2. The van der Waals surface area contributed by atoms with Gasteiger partial charge in [0, 0.05) is 13.5 Å². The summed E-state index contributed by atoms with van der Waals surface area (Å²) in [6, 6.07) is 7.81. The lowest BCUT2D eigenvalue weighted by atomic mass is 9.98. The van der Waals surface area contributed by atoms with E-state index in [0.29, 0.717) is 6.42 Å². The number of carbonyl (C=O) groups excluding carboxylic acids is 1. The topological polar surface area (TPSA) is 78.0 Å². The highest BCUT2D eigenvalue weighted by Crippen LogP contribution is 2.16. The molecular weight excluding hydrogens is 242 g/mol. The van der Waals surface area contributed by atoms with E-state index >= 15 is 0 Å². The molecule has 19 heavy (non-hydrogen) atoms. The number of rotatable bonds is 5. The number of hydrogen-bond acceptors (Lipinski definition) is 3. The molecule has 0 bridgehead atoms. The third-order valence-corrected chi connectivity index (χ3v) is 3.28. The van der Waals surface area contributed by atoms with E-state index in [1.54, 1.807) is 7.05 Å². The standard InChI is InChI=1S/C14H19N3O2/c1-9(12(18)8-14(19)15-2)7-13-16-10-5-3-4-6-11(10)17-13/h3-6,9,12,18H,7-8H2,1-2H3,(H,15,19)(H,16,17)/t9-,12+/m1/s1. The monoisotopic (exact) mass is 261 g/mol. The van der Waals surface area contributed by atoms with Gasteiger partial charge in [-0.25, -0.2) is 4.98 Å². The molecule has 1 aromatic heterocycles. The summed E-state index contributed by atoms with van der Waals surface area (Å²) in [5.41, 5.74) is 1.91. The van der Waals surface area contributed by atoms with Gasteiger partial charge in [-0.1, -0.05) is 19.1 Å². The number of aromatic amines is 1. The van der Waals surface area contributed by atoms with Gasteiger partial charge in [-0.15, -0.1) is 0 Å². The molecule has 1 aromatic carbocycles. The highest BCUT2D eigenvalue weighted by atomic mass is 16.3. The highest BCUT2D eigenvalue weighted by Gasteiger charge is 2.19. The molecule has 5 nitrogen and oxygen atoms in total. The minimum Gasteiger partial charge on any atom is -0.392 e. The van der Waals surface area contributed by atoms with Crippen molar-refractivity contribution in [1.29, 1.82) is 0 Å². The van der Waals surface area contributed by atoms with Gasteiger partial charge in [0.25, 0.3) is 0 Å². The zero-order chi connectivity index (χ0) is 13.8. The van der Waals surface area contributed by atoms with Gasteiger partial charge in [0.15, 0.2) is 0 Å². The van der Waals surface area contributed by atoms with Crippen molar-refractivity contribution < 1.29 is 9.90 Å². The van der Waals surface area contributed by atoms with Crippen molar-refractivity contribution >= 4 is 16.9 Å². The van der Waals surface area contributed by atoms with Gasteiger partial charge >= 0.3 is 0 Å². The number of aliphatic hydroxyl groups is 1. The molecule has 0 saturated carbocycles. The summed E-state index contributed by atoms with van der Waals surface area (Å²) in [5.74, 6) is 0.659. The molecule has 2 rings (SSSR count). The number of carbonyl (C=O) groups is 1. The summed E-state index contributed by atoms with van der Waals surface area (Å²) < 4.78 is 0. The smallest absolute Gasteiger partial charge is 0.222 e.